The van der Waals surface area contributed by atoms with Crippen LogP contribution in [-0.2, 0) is 13.5 Å². The fourth-order valence-electron chi connectivity index (χ4n) is 3.63. The van der Waals surface area contributed by atoms with Gasteiger partial charge in [-0.2, -0.15) is 5.10 Å². The van der Waals surface area contributed by atoms with E-state index in [-0.39, 0.29) is 11.9 Å². The second-order valence-electron chi connectivity index (χ2n) is 7.23. The topological polar surface area (TPSA) is 67.4 Å². The molecule has 136 valence electrons. The number of likely N-dealkylation sites (tertiary alicyclic amines) is 1. The first-order chi connectivity index (χ1) is 11.9. The maximum atomic E-state index is 13.0. The number of carbonyl (C=O) groups excluding carboxylic acids is 1. The Morgan fingerprint density at radius 1 is 1.48 bits per heavy atom. The Bertz CT molecular complexity index is 735. The monoisotopic (exact) mass is 345 g/mol. The molecular weight excluding hydrogens is 318 g/mol. The average Bonchev–Trinajstić information content (AvgIpc) is 3.27. The van der Waals surface area contributed by atoms with Crippen molar-refractivity contribution >= 4 is 5.91 Å². The summed E-state index contributed by atoms with van der Waals surface area (Å²) in [5.74, 6) is 0.604. The molecule has 0 radical (unpaired) electrons. The highest BCUT2D eigenvalue weighted by Crippen LogP contribution is 2.28. The second-order valence-corrected chi connectivity index (χ2v) is 7.23. The maximum Gasteiger partial charge on any atom is 0.276 e. The predicted octanol–water partition coefficient (Wildman–Crippen LogP) is 1.88. The molecule has 0 aromatic carbocycles. The Labute approximate surface area is 148 Å². The summed E-state index contributed by atoms with van der Waals surface area (Å²) < 4.78 is 6.90. The molecule has 3 rings (SSSR count). The molecule has 0 N–H and O–H groups in total. The molecule has 3 heterocycles. The highest BCUT2D eigenvalue weighted by molar-refractivity contribution is 5.92. The van der Waals surface area contributed by atoms with E-state index in [9.17, 15) is 4.79 Å². The third-order valence-electron chi connectivity index (χ3n) is 5.16. The van der Waals surface area contributed by atoms with Crippen LogP contribution in [0, 0.1) is 6.92 Å². The highest BCUT2D eigenvalue weighted by atomic mass is 16.5. The first-order valence-corrected chi connectivity index (χ1v) is 8.80. The lowest BCUT2D eigenvalue weighted by Gasteiger charge is -2.35. The fourth-order valence-corrected chi connectivity index (χ4v) is 3.63. The van der Waals surface area contributed by atoms with E-state index in [1.807, 2.05) is 24.3 Å². The Kier molecular flexibility index (Phi) is 4.94. The summed E-state index contributed by atoms with van der Waals surface area (Å²) in [6, 6.07) is 2.55. The summed E-state index contributed by atoms with van der Waals surface area (Å²) in [7, 11) is 4.05. The van der Waals surface area contributed by atoms with E-state index in [4.69, 9.17) is 4.52 Å². The number of hydrogen-bond acceptors (Lipinski definition) is 5. The lowest BCUT2D eigenvalue weighted by molar-refractivity contribution is 0.0669. The number of hydrogen-bond donors (Lipinski definition) is 0. The van der Waals surface area contributed by atoms with Crippen molar-refractivity contribution in [3.63, 3.8) is 0 Å². The third-order valence-corrected chi connectivity index (χ3v) is 5.16. The number of rotatable bonds is 5. The van der Waals surface area contributed by atoms with Crippen LogP contribution in [0.5, 0.6) is 0 Å². The van der Waals surface area contributed by atoms with Crippen molar-refractivity contribution in [2.75, 3.05) is 13.6 Å². The van der Waals surface area contributed by atoms with Crippen molar-refractivity contribution < 1.29 is 9.32 Å². The smallest absolute Gasteiger partial charge is 0.276 e. The van der Waals surface area contributed by atoms with Crippen LogP contribution in [0.2, 0.25) is 0 Å². The van der Waals surface area contributed by atoms with Crippen LogP contribution in [0.3, 0.4) is 0 Å². The van der Waals surface area contributed by atoms with Gasteiger partial charge >= 0.3 is 0 Å². The molecule has 0 spiro atoms. The molecule has 2 atom stereocenters. The van der Waals surface area contributed by atoms with Crippen LogP contribution in [-0.4, -0.2) is 62.4 Å². The van der Waals surface area contributed by atoms with Crippen LogP contribution in [0.15, 0.2) is 23.0 Å². The first kappa shape index (κ1) is 17.7. The van der Waals surface area contributed by atoms with E-state index in [0.29, 0.717) is 23.5 Å². The summed E-state index contributed by atoms with van der Waals surface area (Å²) in [5, 5.41) is 8.18. The third kappa shape index (κ3) is 3.61. The number of aromatic nitrogens is 3. The standard InChI is InChI=1S/C18H27N5O2/c1-12(2)22(5)16-6-7-23(18(24)15-8-13(3)25-20-15)17(16)9-14-10-19-21(4)11-14/h8,10-12,16-17H,6-7,9H2,1-5H3/t16-,17+/m0/s1. The van der Waals surface area contributed by atoms with Crippen LogP contribution in [0.1, 0.15) is 42.1 Å². The highest BCUT2D eigenvalue weighted by Gasteiger charge is 2.40. The van der Waals surface area contributed by atoms with Crippen molar-refractivity contribution in [2.24, 2.45) is 7.05 Å². The SMILES string of the molecule is Cc1cc(C(=O)N2CC[C@H](N(C)C(C)C)[C@H]2Cc2cnn(C)c2)no1. The van der Waals surface area contributed by atoms with Crippen LogP contribution in [0.25, 0.3) is 0 Å². The van der Waals surface area contributed by atoms with E-state index in [1.165, 1.54) is 0 Å². The van der Waals surface area contributed by atoms with Crippen LogP contribution < -0.4 is 0 Å². The summed E-state index contributed by atoms with van der Waals surface area (Å²) in [6.07, 6.45) is 5.65. The van der Waals surface area contributed by atoms with E-state index in [1.54, 1.807) is 17.7 Å². The Morgan fingerprint density at radius 2 is 2.24 bits per heavy atom. The molecule has 0 bridgehead atoms. The zero-order valence-electron chi connectivity index (χ0n) is 15.6. The molecule has 25 heavy (non-hydrogen) atoms. The second kappa shape index (κ2) is 7.00. The number of aryl methyl sites for hydroxylation is 2. The Balaban J connectivity index is 1.86. The minimum Gasteiger partial charge on any atom is -0.361 e. The van der Waals surface area contributed by atoms with E-state index in [0.717, 1.165) is 24.9 Å². The Morgan fingerprint density at radius 3 is 2.80 bits per heavy atom. The quantitative estimate of drug-likeness (QED) is 0.828. The Hall–Kier alpha value is -2.15. The van der Waals surface area contributed by atoms with Crippen molar-refractivity contribution in [1.82, 2.24) is 24.7 Å². The van der Waals surface area contributed by atoms with Gasteiger partial charge in [0, 0.05) is 37.9 Å². The summed E-state index contributed by atoms with van der Waals surface area (Å²) in [5.41, 5.74) is 1.53. The van der Waals surface area contributed by atoms with Gasteiger partial charge in [-0.05, 0) is 46.2 Å². The van der Waals surface area contributed by atoms with Gasteiger partial charge in [0.25, 0.3) is 5.91 Å². The van der Waals surface area contributed by atoms with Crippen LogP contribution >= 0.6 is 0 Å². The molecule has 2 aromatic rings. The zero-order valence-corrected chi connectivity index (χ0v) is 15.6. The summed E-state index contributed by atoms with van der Waals surface area (Å²) in [4.78, 5) is 17.3. The van der Waals surface area contributed by atoms with E-state index < -0.39 is 0 Å². The van der Waals surface area contributed by atoms with Gasteiger partial charge < -0.3 is 9.42 Å². The lowest BCUT2D eigenvalue weighted by atomic mass is 10.00. The van der Waals surface area contributed by atoms with Gasteiger partial charge in [0.1, 0.15) is 5.76 Å². The molecule has 7 heteroatoms. The molecule has 1 aliphatic rings. The largest absolute Gasteiger partial charge is 0.361 e. The molecule has 2 aromatic heterocycles. The van der Waals surface area contributed by atoms with Crippen molar-refractivity contribution in [3.8, 4) is 0 Å². The van der Waals surface area contributed by atoms with Crippen molar-refractivity contribution in [1.29, 1.82) is 0 Å². The summed E-state index contributed by atoms with van der Waals surface area (Å²) >= 11 is 0. The molecule has 1 fully saturated rings. The van der Waals surface area contributed by atoms with Crippen molar-refractivity contribution in [3.05, 3.63) is 35.5 Å². The van der Waals surface area contributed by atoms with Gasteiger partial charge in [0.2, 0.25) is 0 Å². The van der Waals surface area contributed by atoms with Gasteiger partial charge in [-0.3, -0.25) is 14.4 Å². The number of carbonyl (C=O) groups is 1. The molecular formula is C18H27N5O2. The number of amides is 1. The maximum absolute atomic E-state index is 13.0. The molecule has 0 saturated carbocycles. The minimum absolute atomic E-state index is 0.0506. The van der Waals surface area contributed by atoms with Gasteiger partial charge in [-0.25, -0.2) is 0 Å². The van der Waals surface area contributed by atoms with E-state index >= 15 is 0 Å². The van der Waals surface area contributed by atoms with Gasteiger partial charge in [-0.1, -0.05) is 5.16 Å². The van der Waals surface area contributed by atoms with Crippen LogP contribution in [0.4, 0.5) is 0 Å². The van der Waals surface area contributed by atoms with E-state index in [2.05, 4.69) is 36.1 Å². The molecule has 1 saturated heterocycles. The van der Waals surface area contributed by atoms with Crippen molar-refractivity contribution in [2.45, 2.75) is 51.7 Å². The molecule has 0 aliphatic carbocycles. The molecule has 0 unspecified atom stereocenters. The average molecular weight is 345 g/mol. The number of likely N-dealkylation sites (N-methyl/N-ethyl adjacent to an activating group) is 1. The number of nitrogens with zero attached hydrogens (tertiary/aromatic N) is 5. The minimum atomic E-state index is -0.0506. The predicted molar refractivity (Wildman–Crippen MR) is 94.3 cm³/mol. The molecule has 1 aliphatic heterocycles. The normalized spacial score (nSPS) is 20.8. The van der Waals surface area contributed by atoms with Gasteiger partial charge in [0.05, 0.1) is 12.2 Å². The molecule has 1 amide bonds. The summed E-state index contributed by atoms with van der Waals surface area (Å²) in [6.45, 7) is 6.91. The zero-order chi connectivity index (χ0) is 18.1. The molecule has 7 nitrogen and oxygen atoms in total. The fraction of sp³-hybridized carbons (Fsp3) is 0.611. The lowest BCUT2D eigenvalue weighted by Crippen LogP contribution is -2.48. The van der Waals surface area contributed by atoms with Gasteiger partial charge in [0.15, 0.2) is 5.69 Å². The first-order valence-electron chi connectivity index (χ1n) is 8.80. The van der Waals surface area contributed by atoms with Gasteiger partial charge in [-0.15, -0.1) is 0 Å².